The van der Waals surface area contributed by atoms with Crippen LogP contribution in [0, 0.1) is 0 Å². The summed E-state index contributed by atoms with van der Waals surface area (Å²) in [5, 5.41) is 3.57. The van der Waals surface area contributed by atoms with Crippen LogP contribution in [0.1, 0.15) is 30.7 Å². The van der Waals surface area contributed by atoms with E-state index in [9.17, 15) is 0 Å². The van der Waals surface area contributed by atoms with E-state index in [4.69, 9.17) is 23.4 Å². The fraction of sp³-hybridized carbons (Fsp3) is 0.600. The predicted molar refractivity (Wildman–Crippen MR) is 66.0 cm³/mol. The highest BCUT2D eigenvalue weighted by Crippen LogP contribution is 2.42. The number of aromatic nitrogens is 2. The molecule has 1 aliphatic rings. The smallest absolute Gasteiger partial charge is 0.224 e. The summed E-state index contributed by atoms with van der Waals surface area (Å²) in [5.74, 6) is 1.49. The van der Waals surface area contributed by atoms with Gasteiger partial charge in [-0.3, -0.25) is 0 Å². The van der Waals surface area contributed by atoms with Crippen LogP contribution >= 0.6 is 23.4 Å². The molecule has 2 N–H and O–H groups in total. The Morgan fingerprint density at radius 3 is 2.88 bits per heavy atom. The molecule has 1 fully saturated rings. The molecular formula is C10H14Cl2N4. The maximum atomic E-state index is 5.79. The van der Waals surface area contributed by atoms with Crippen LogP contribution < -0.4 is 10.2 Å². The third-order valence-electron chi connectivity index (χ3n) is 2.55. The lowest BCUT2D eigenvalue weighted by Gasteiger charge is -2.09. The fourth-order valence-corrected chi connectivity index (χ4v) is 1.83. The van der Waals surface area contributed by atoms with E-state index in [2.05, 4.69) is 20.1 Å². The van der Waals surface area contributed by atoms with Crippen LogP contribution in [0.5, 0.6) is 0 Å². The monoisotopic (exact) mass is 260 g/mol. The van der Waals surface area contributed by atoms with E-state index in [0.717, 1.165) is 25.3 Å². The third kappa shape index (κ3) is 3.20. The minimum absolute atomic E-state index is 0.294. The van der Waals surface area contributed by atoms with Crippen molar-refractivity contribution in [3.05, 3.63) is 17.0 Å². The Morgan fingerprint density at radius 1 is 1.38 bits per heavy atom. The quantitative estimate of drug-likeness (QED) is 0.469. The van der Waals surface area contributed by atoms with Crippen molar-refractivity contribution in [2.24, 2.45) is 0 Å². The second-order valence-corrected chi connectivity index (χ2v) is 4.49. The van der Waals surface area contributed by atoms with Crippen LogP contribution in [-0.4, -0.2) is 23.1 Å². The van der Waals surface area contributed by atoms with Crippen molar-refractivity contribution in [3.8, 4) is 0 Å². The summed E-state index contributed by atoms with van der Waals surface area (Å²) >= 11 is 11.2. The topological polar surface area (TPSA) is 49.8 Å². The highest BCUT2D eigenvalue weighted by molar-refractivity contribution is 6.28. The molecule has 0 saturated heterocycles. The second-order valence-electron chi connectivity index (χ2n) is 3.88. The number of hydrogen-bond acceptors (Lipinski definition) is 4. The Bertz CT molecular complexity index is 355. The molecular weight excluding hydrogens is 247 g/mol. The summed E-state index contributed by atoms with van der Waals surface area (Å²) in [4.78, 5) is 10.8. The summed E-state index contributed by atoms with van der Waals surface area (Å²) in [7, 11) is 0. The average Bonchev–Trinajstić information content (AvgIpc) is 3.08. The van der Waals surface area contributed by atoms with Gasteiger partial charge in [-0.15, -0.1) is 0 Å². The highest BCUT2D eigenvalue weighted by Gasteiger charge is 2.27. The van der Waals surface area contributed by atoms with Gasteiger partial charge in [0.25, 0.3) is 0 Å². The minimum Gasteiger partial charge on any atom is -0.370 e. The molecule has 4 nitrogen and oxygen atoms in total. The molecule has 0 radical (unpaired) electrons. The summed E-state index contributed by atoms with van der Waals surface area (Å²) in [6, 6.07) is 0. The first-order valence-corrected chi connectivity index (χ1v) is 6.16. The lowest BCUT2D eigenvalue weighted by molar-refractivity contribution is 0.821. The molecule has 2 rings (SSSR count). The summed E-state index contributed by atoms with van der Waals surface area (Å²) < 4.78 is 0. The van der Waals surface area contributed by atoms with Gasteiger partial charge in [0, 0.05) is 24.8 Å². The van der Waals surface area contributed by atoms with Crippen molar-refractivity contribution in [1.82, 2.24) is 14.8 Å². The van der Waals surface area contributed by atoms with Crippen molar-refractivity contribution in [2.45, 2.75) is 25.2 Å². The second kappa shape index (κ2) is 5.66. The molecule has 6 heteroatoms. The first-order valence-electron chi connectivity index (χ1n) is 5.41. The van der Waals surface area contributed by atoms with E-state index in [1.807, 2.05) is 6.20 Å². The maximum absolute atomic E-state index is 5.79. The Morgan fingerprint density at radius 2 is 2.19 bits per heavy atom. The van der Waals surface area contributed by atoms with Crippen LogP contribution in [0.4, 0.5) is 5.82 Å². The van der Waals surface area contributed by atoms with E-state index >= 15 is 0 Å². The zero-order valence-electron chi connectivity index (χ0n) is 8.84. The van der Waals surface area contributed by atoms with Crippen molar-refractivity contribution >= 4 is 29.2 Å². The van der Waals surface area contributed by atoms with Gasteiger partial charge in [0.15, 0.2) is 0 Å². The fourth-order valence-electron chi connectivity index (χ4n) is 1.57. The first kappa shape index (κ1) is 11.9. The number of halogens is 2. The highest BCUT2D eigenvalue weighted by atomic mass is 35.5. The molecule has 88 valence electrons. The van der Waals surface area contributed by atoms with Crippen molar-refractivity contribution < 1.29 is 0 Å². The number of rotatable bonds is 6. The first-order chi connectivity index (χ1) is 7.81. The Labute approximate surface area is 105 Å². The van der Waals surface area contributed by atoms with Crippen LogP contribution in [0.3, 0.4) is 0 Å². The van der Waals surface area contributed by atoms with E-state index in [-0.39, 0.29) is 0 Å². The number of hydrogen-bond donors (Lipinski definition) is 2. The largest absolute Gasteiger partial charge is 0.370 e. The van der Waals surface area contributed by atoms with E-state index in [0.29, 0.717) is 11.2 Å². The van der Waals surface area contributed by atoms with Crippen LogP contribution in [-0.2, 0) is 0 Å². The molecule has 0 spiro atoms. The van der Waals surface area contributed by atoms with Crippen LogP contribution in [0.2, 0.25) is 5.28 Å². The maximum Gasteiger partial charge on any atom is 0.224 e. The van der Waals surface area contributed by atoms with Gasteiger partial charge >= 0.3 is 0 Å². The normalized spacial score (nSPS) is 15.1. The molecule has 16 heavy (non-hydrogen) atoms. The average molecular weight is 261 g/mol. The molecule has 1 aliphatic carbocycles. The Hall–Kier alpha value is -0.580. The summed E-state index contributed by atoms with van der Waals surface area (Å²) in [6.07, 6.45) is 5.22. The third-order valence-corrected chi connectivity index (χ3v) is 2.92. The van der Waals surface area contributed by atoms with Crippen molar-refractivity contribution in [3.63, 3.8) is 0 Å². The van der Waals surface area contributed by atoms with Gasteiger partial charge < -0.3 is 5.32 Å². The SMILES string of the molecule is ClNCCCNc1nc(Cl)ncc1C1CC1. The molecule has 1 saturated carbocycles. The lowest BCUT2D eigenvalue weighted by Crippen LogP contribution is -2.11. The van der Waals surface area contributed by atoms with Gasteiger partial charge in [-0.25, -0.2) is 14.8 Å². The standard InChI is InChI=1S/C10H14Cl2N4/c11-10-14-6-8(7-2-3-7)9(16-10)13-4-1-5-15-12/h6-7,15H,1-5H2,(H,13,14,16). The Kier molecular flexibility index (Phi) is 4.21. The molecule has 1 aromatic rings. The van der Waals surface area contributed by atoms with Crippen LogP contribution in [0.15, 0.2) is 6.20 Å². The van der Waals surface area contributed by atoms with Gasteiger partial charge in [-0.05, 0) is 48.6 Å². The summed E-state index contributed by atoms with van der Waals surface area (Å²) in [6.45, 7) is 1.60. The molecule has 0 amide bonds. The Balaban J connectivity index is 1.97. The molecule has 0 aromatic carbocycles. The van der Waals surface area contributed by atoms with E-state index < -0.39 is 0 Å². The zero-order chi connectivity index (χ0) is 11.4. The van der Waals surface area contributed by atoms with Gasteiger partial charge in [0.1, 0.15) is 5.82 Å². The number of nitrogens with one attached hydrogen (secondary N) is 2. The zero-order valence-corrected chi connectivity index (χ0v) is 10.4. The van der Waals surface area contributed by atoms with Gasteiger partial charge in [-0.1, -0.05) is 0 Å². The molecule has 1 heterocycles. The molecule has 1 aromatic heterocycles. The molecule has 0 unspecified atom stereocenters. The molecule has 0 bridgehead atoms. The number of anilines is 1. The van der Waals surface area contributed by atoms with Crippen molar-refractivity contribution in [2.75, 3.05) is 18.4 Å². The van der Waals surface area contributed by atoms with Crippen LogP contribution in [0.25, 0.3) is 0 Å². The van der Waals surface area contributed by atoms with E-state index in [1.54, 1.807) is 0 Å². The predicted octanol–water partition coefficient (Wildman–Crippen LogP) is 2.55. The van der Waals surface area contributed by atoms with Gasteiger partial charge in [0.2, 0.25) is 5.28 Å². The minimum atomic E-state index is 0.294. The van der Waals surface area contributed by atoms with Gasteiger partial charge in [0.05, 0.1) is 0 Å². The molecule has 0 atom stereocenters. The van der Waals surface area contributed by atoms with E-state index in [1.165, 1.54) is 18.4 Å². The number of nitrogens with zero attached hydrogens (tertiary/aromatic N) is 2. The van der Waals surface area contributed by atoms with Crippen molar-refractivity contribution in [1.29, 1.82) is 0 Å². The molecule has 0 aliphatic heterocycles. The summed E-state index contributed by atoms with van der Waals surface area (Å²) in [5.41, 5.74) is 1.18. The van der Waals surface area contributed by atoms with Gasteiger partial charge in [-0.2, -0.15) is 0 Å². The lowest BCUT2D eigenvalue weighted by atomic mass is 10.2.